The van der Waals surface area contributed by atoms with Gasteiger partial charge in [-0.2, -0.15) is 0 Å². The van der Waals surface area contributed by atoms with Crippen LogP contribution in [0.1, 0.15) is 11.1 Å². The summed E-state index contributed by atoms with van der Waals surface area (Å²) in [7, 11) is 0. The third-order valence-corrected chi connectivity index (χ3v) is 4.54. The van der Waals surface area contributed by atoms with Crippen LogP contribution in [0.15, 0.2) is 102 Å². The summed E-state index contributed by atoms with van der Waals surface area (Å²) in [6.45, 7) is 0.409. The molecule has 0 aromatic heterocycles. The summed E-state index contributed by atoms with van der Waals surface area (Å²) in [5, 5.41) is 12.4. The van der Waals surface area contributed by atoms with Crippen molar-refractivity contribution in [2.75, 3.05) is 5.32 Å². The van der Waals surface area contributed by atoms with E-state index >= 15 is 0 Å². The molecule has 3 aromatic rings. The first-order valence-corrected chi connectivity index (χ1v) is 9.61. The Morgan fingerprint density at radius 3 is 2.39 bits per heavy atom. The second kappa shape index (κ2) is 9.00. The van der Waals surface area contributed by atoms with E-state index in [2.05, 4.69) is 5.32 Å². The predicted molar refractivity (Wildman–Crippen MR) is 116 cm³/mol. The molecule has 0 saturated carbocycles. The van der Waals surface area contributed by atoms with Crippen molar-refractivity contribution in [2.45, 2.75) is 6.61 Å². The van der Waals surface area contributed by atoms with Crippen molar-refractivity contribution in [3.8, 4) is 5.75 Å². The first-order chi connectivity index (χ1) is 15.1. The summed E-state index contributed by atoms with van der Waals surface area (Å²) in [5.74, 6) is -1.60. The maximum Gasteiger partial charge on any atom is 0.345 e. The molecule has 154 valence electrons. The van der Waals surface area contributed by atoms with E-state index in [0.29, 0.717) is 23.6 Å². The number of nitrogens with one attached hydrogen (secondary N) is 1. The number of para-hydroxylation sites is 1. The lowest BCUT2D eigenvalue weighted by molar-refractivity contribution is -0.134. The highest BCUT2D eigenvalue weighted by Crippen LogP contribution is 2.28. The van der Waals surface area contributed by atoms with Gasteiger partial charge < -0.3 is 19.9 Å². The number of Topliss-reactive ketones (excluding diaryl/α,β-unsaturated/α-hetero) is 1. The molecule has 6 nitrogen and oxygen atoms in total. The van der Waals surface area contributed by atoms with Gasteiger partial charge in [-0.25, -0.2) is 4.79 Å². The van der Waals surface area contributed by atoms with Crippen LogP contribution in [0.25, 0.3) is 6.08 Å². The number of aliphatic carboxylic acids is 1. The Kier molecular flexibility index (Phi) is 5.80. The Bertz CT molecular complexity index is 1170. The highest BCUT2D eigenvalue weighted by molar-refractivity contribution is 6.26. The van der Waals surface area contributed by atoms with Gasteiger partial charge in [0.1, 0.15) is 12.4 Å². The lowest BCUT2D eigenvalue weighted by Gasteiger charge is -2.08. The summed E-state index contributed by atoms with van der Waals surface area (Å²) in [6, 6.07) is 25.8. The summed E-state index contributed by atoms with van der Waals surface area (Å²) in [4.78, 5) is 24.3. The van der Waals surface area contributed by atoms with Gasteiger partial charge in [0.05, 0.1) is 0 Å². The zero-order valence-electron chi connectivity index (χ0n) is 16.4. The van der Waals surface area contributed by atoms with Gasteiger partial charge in [-0.3, -0.25) is 4.79 Å². The molecule has 0 atom stereocenters. The largest absolute Gasteiger partial charge is 0.489 e. The molecule has 0 unspecified atom stereocenters. The van der Waals surface area contributed by atoms with Gasteiger partial charge in [0.2, 0.25) is 11.7 Å². The molecule has 1 heterocycles. The standard InChI is InChI=1S/C25H19NO5/c27-23-21(31-24(22(23)25(28)29)26-19-11-5-2-6-12-19)15-18-10-7-13-20(14-18)30-16-17-8-3-1-4-9-17/h1-15,26H,16H2,(H,28,29)/b21-15-. The quantitative estimate of drug-likeness (QED) is 0.435. The van der Waals surface area contributed by atoms with Gasteiger partial charge in [0.15, 0.2) is 11.3 Å². The topological polar surface area (TPSA) is 84.9 Å². The van der Waals surface area contributed by atoms with Crippen molar-refractivity contribution in [3.63, 3.8) is 0 Å². The highest BCUT2D eigenvalue weighted by Gasteiger charge is 2.35. The van der Waals surface area contributed by atoms with E-state index in [9.17, 15) is 14.7 Å². The van der Waals surface area contributed by atoms with Crippen LogP contribution >= 0.6 is 0 Å². The summed E-state index contributed by atoms with van der Waals surface area (Å²) < 4.78 is 11.4. The van der Waals surface area contributed by atoms with Crippen LogP contribution in [-0.2, 0) is 20.9 Å². The van der Waals surface area contributed by atoms with E-state index in [-0.39, 0.29) is 11.6 Å². The van der Waals surface area contributed by atoms with Crippen molar-refractivity contribution >= 4 is 23.5 Å². The molecule has 3 aromatic carbocycles. The van der Waals surface area contributed by atoms with Gasteiger partial charge in [0.25, 0.3) is 0 Å². The fourth-order valence-electron chi connectivity index (χ4n) is 3.05. The first-order valence-electron chi connectivity index (χ1n) is 9.61. The number of carbonyl (C=O) groups excluding carboxylic acids is 1. The Balaban J connectivity index is 1.52. The lowest BCUT2D eigenvalue weighted by Crippen LogP contribution is -2.12. The minimum absolute atomic E-state index is 0.0731. The maximum absolute atomic E-state index is 12.6. The highest BCUT2D eigenvalue weighted by atomic mass is 16.5. The number of carbonyl (C=O) groups is 2. The SMILES string of the molecule is O=C(O)C1=C(Nc2ccccc2)O/C(=C\c2cccc(OCc3ccccc3)c2)C1=O. The van der Waals surface area contributed by atoms with Crippen LogP contribution < -0.4 is 10.1 Å². The molecule has 6 heteroatoms. The summed E-state index contributed by atoms with van der Waals surface area (Å²) in [5.41, 5.74) is 1.86. The fraction of sp³-hybridized carbons (Fsp3) is 0.0400. The molecule has 31 heavy (non-hydrogen) atoms. The van der Waals surface area contributed by atoms with Gasteiger partial charge in [-0.15, -0.1) is 0 Å². The molecule has 1 aliphatic rings. The van der Waals surface area contributed by atoms with Crippen molar-refractivity contribution in [1.29, 1.82) is 0 Å². The van der Waals surface area contributed by atoms with Crippen LogP contribution in [0.3, 0.4) is 0 Å². The number of ketones is 1. The maximum atomic E-state index is 12.6. The van der Waals surface area contributed by atoms with Crippen LogP contribution in [0.5, 0.6) is 5.75 Å². The fourth-order valence-corrected chi connectivity index (χ4v) is 3.05. The second-order valence-electron chi connectivity index (χ2n) is 6.79. The molecular weight excluding hydrogens is 394 g/mol. The minimum Gasteiger partial charge on any atom is -0.489 e. The van der Waals surface area contributed by atoms with Crippen LogP contribution in [-0.4, -0.2) is 16.9 Å². The minimum atomic E-state index is -1.35. The molecule has 0 spiro atoms. The molecule has 0 saturated heterocycles. The van der Waals surface area contributed by atoms with Gasteiger partial charge >= 0.3 is 5.97 Å². The van der Waals surface area contributed by atoms with E-state index in [1.54, 1.807) is 42.5 Å². The van der Waals surface area contributed by atoms with Crippen molar-refractivity contribution in [3.05, 3.63) is 113 Å². The number of ether oxygens (including phenoxy) is 2. The summed E-state index contributed by atoms with van der Waals surface area (Å²) in [6.07, 6.45) is 1.50. The van der Waals surface area contributed by atoms with Gasteiger partial charge in [-0.05, 0) is 41.5 Å². The number of hydrogen-bond acceptors (Lipinski definition) is 5. The van der Waals surface area contributed by atoms with E-state index in [0.717, 1.165) is 5.56 Å². The lowest BCUT2D eigenvalue weighted by atomic mass is 10.1. The third kappa shape index (κ3) is 4.82. The average molecular weight is 413 g/mol. The van der Waals surface area contributed by atoms with E-state index < -0.39 is 17.3 Å². The zero-order chi connectivity index (χ0) is 21.6. The number of anilines is 1. The van der Waals surface area contributed by atoms with Gasteiger partial charge in [-0.1, -0.05) is 60.7 Å². The van der Waals surface area contributed by atoms with E-state index in [1.807, 2.05) is 42.5 Å². The Labute approximate surface area is 179 Å². The number of hydrogen-bond donors (Lipinski definition) is 2. The molecular formula is C25H19NO5. The van der Waals surface area contributed by atoms with E-state index in [1.165, 1.54) is 6.08 Å². The number of carboxylic acid groups (broad SMARTS) is 1. The molecule has 0 amide bonds. The summed E-state index contributed by atoms with van der Waals surface area (Å²) >= 11 is 0. The molecule has 0 aliphatic carbocycles. The normalized spacial score (nSPS) is 14.5. The van der Waals surface area contributed by atoms with Crippen LogP contribution in [0.2, 0.25) is 0 Å². The van der Waals surface area contributed by atoms with Crippen molar-refractivity contribution in [2.24, 2.45) is 0 Å². The monoisotopic (exact) mass is 413 g/mol. The third-order valence-electron chi connectivity index (χ3n) is 4.54. The average Bonchev–Trinajstić information content (AvgIpc) is 3.08. The number of carboxylic acids is 1. The van der Waals surface area contributed by atoms with Crippen molar-refractivity contribution < 1.29 is 24.2 Å². The number of benzene rings is 3. The van der Waals surface area contributed by atoms with Crippen LogP contribution in [0, 0.1) is 0 Å². The Morgan fingerprint density at radius 2 is 1.68 bits per heavy atom. The zero-order valence-corrected chi connectivity index (χ0v) is 16.4. The number of rotatable bonds is 7. The van der Waals surface area contributed by atoms with Gasteiger partial charge in [0, 0.05) is 5.69 Å². The number of allylic oxidation sites excluding steroid dienone is 1. The molecule has 0 bridgehead atoms. The second-order valence-corrected chi connectivity index (χ2v) is 6.79. The van der Waals surface area contributed by atoms with E-state index in [4.69, 9.17) is 9.47 Å². The smallest absolute Gasteiger partial charge is 0.345 e. The Morgan fingerprint density at radius 1 is 0.968 bits per heavy atom. The molecule has 2 N–H and O–H groups in total. The molecule has 0 radical (unpaired) electrons. The van der Waals surface area contributed by atoms with Crippen molar-refractivity contribution in [1.82, 2.24) is 0 Å². The first kappa shape index (κ1) is 20.0. The predicted octanol–water partition coefficient (Wildman–Crippen LogP) is 4.61. The Hall–Kier alpha value is -4.32. The molecule has 4 rings (SSSR count). The molecule has 0 fully saturated rings. The molecule has 1 aliphatic heterocycles. The van der Waals surface area contributed by atoms with Crippen LogP contribution in [0.4, 0.5) is 5.69 Å².